The minimum Gasteiger partial charge on any atom is -0.487 e. The number of rotatable bonds is 3. The maximum Gasteiger partial charge on any atom is 0.128 e. The Hall–Kier alpha value is -1.13. The molecule has 0 radical (unpaired) electrons. The monoisotopic (exact) mass is 212 g/mol. The zero-order valence-electron chi connectivity index (χ0n) is 8.50. The molecule has 1 unspecified atom stereocenters. The van der Waals surface area contributed by atoms with Crippen molar-refractivity contribution in [2.24, 2.45) is 0 Å². The fourth-order valence-corrected chi connectivity index (χ4v) is 1.86. The van der Waals surface area contributed by atoms with Crippen molar-refractivity contribution >= 4 is 0 Å². The number of hydrogen-bond donors (Lipinski definition) is 1. The minimum atomic E-state index is -0.334. The lowest BCUT2D eigenvalue weighted by Gasteiger charge is -2.10. The van der Waals surface area contributed by atoms with E-state index in [1.165, 1.54) is 12.1 Å². The fraction of sp³-hybridized carbons (Fsp3) is 0.455. The zero-order valence-corrected chi connectivity index (χ0v) is 8.50. The Morgan fingerprint density at radius 3 is 3.07 bits per heavy atom. The summed E-state index contributed by atoms with van der Waals surface area (Å²) in [7, 11) is 1.60. The Labute approximate surface area is 87.4 Å². The summed E-state index contributed by atoms with van der Waals surface area (Å²) in [5.74, 6) is 0.278. The average Bonchev–Trinajstić information content (AvgIpc) is 2.59. The molecule has 0 saturated carbocycles. The van der Waals surface area contributed by atoms with Crippen LogP contribution in [0.3, 0.4) is 0 Å². The van der Waals surface area contributed by atoms with Crippen LogP contribution >= 0.6 is 0 Å². The van der Waals surface area contributed by atoms with E-state index in [0.29, 0.717) is 24.3 Å². The molecule has 1 aliphatic heterocycles. The maximum absolute atomic E-state index is 13.1. The molecule has 1 aromatic rings. The van der Waals surface area contributed by atoms with Crippen LogP contribution in [0.1, 0.15) is 11.1 Å². The summed E-state index contributed by atoms with van der Waals surface area (Å²) in [6.45, 7) is 0.265. The van der Waals surface area contributed by atoms with Gasteiger partial charge in [0.05, 0.1) is 13.2 Å². The molecule has 0 aliphatic carbocycles. The lowest BCUT2D eigenvalue weighted by Crippen LogP contribution is -2.19. The summed E-state index contributed by atoms with van der Waals surface area (Å²) in [6.07, 6.45) is 0.561. The molecule has 4 heteroatoms. The third kappa shape index (κ3) is 1.96. The Morgan fingerprint density at radius 2 is 2.40 bits per heavy atom. The molecule has 0 amide bonds. The van der Waals surface area contributed by atoms with Crippen molar-refractivity contribution < 1.29 is 19.0 Å². The number of halogens is 1. The number of hydrogen-bond acceptors (Lipinski definition) is 3. The van der Waals surface area contributed by atoms with Crippen LogP contribution in [-0.4, -0.2) is 24.9 Å². The van der Waals surface area contributed by atoms with Gasteiger partial charge in [-0.05, 0) is 12.1 Å². The molecule has 1 aromatic carbocycles. The second kappa shape index (κ2) is 4.16. The predicted octanol–water partition coefficient (Wildman–Crippen LogP) is 1.27. The first-order valence-corrected chi connectivity index (χ1v) is 4.82. The van der Waals surface area contributed by atoms with Crippen molar-refractivity contribution in [1.82, 2.24) is 0 Å². The molecule has 0 bridgehead atoms. The summed E-state index contributed by atoms with van der Waals surface area (Å²) < 4.78 is 23.7. The number of methoxy groups -OCH3 is 1. The van der Waals surface area contributed by atoms with Crippen LogP contribution in [-0.2, 0) is 17.8 Å². The summed E-state index contributed by atoms with van der Waals surface area (Å²) in [4.78, 5) is 0. The molecule has 3 nitrogen and oxygen atoms in total. The highest BCUT2D eigenvalue weighted by atomic mass is 19.1. The van der Waals surface area contributed by atoms with Crippen LogP contribution in [0.2, 0.25) is 0 Å². The van der Waals surface area contributed by atoms with Crippen molar-refractivity contribution in [1.29, 1.82) is 0 Å². The van der Waals surface area contributed by atoms with Crippen molar-refractivity contribution in [3.8, 4) is 5.75 Å². The predicted molar refractivity (Wildman–Crippen MR) is 52.3 cm³/mol. The molecular formula is C11H13FO3. The Balaban J connectivity index is 2.28. The normalized spacial score (nSPS) is 18.7. The van der Waals surface area contributed by atoms with Crippen LogP contribution in [0.5, 0.6) is 5.75 Å². The molecule has 0 aromatic heterocycles. The summed E-state index contributed by atoms with van der Waals surface area (Å²) in [5.41, 5.74) is 1.31. The van der Waals surface area contributed by atoms with Crippen LogP contribution in [0.15, 0.2) is 12.1 Å². The highest BCUT2D eigenvalue weighted by Crippen LogP contribution is 2.33. The summed E-state index contributed by atoms with van der Waals surface area (Å²) in [6, 6.07) is 2.75. The molecule has 1 atom stereocenters. The number of ether oxygens (including phenoxy) is 2. The van der Waals surface area contributed by atoms with E-state index in [4.69, 9.17) is 14.6 Å². The van der Waals surface area contributed by atoms with E-state index in [1.807, 2.05) is 0 Å². The van der Waals surface area contributed by atoms with Gasteiger partial charge in [0.1, 0.15) is 17.7 Å². The molecule has 0 fully saturated rings. The molecule has 0 saturated heterocycles. The van der Waals surface area contributed by atoms with Gasteiger partial charge in [0, 0.05) is 24.7 Å². The van der Waals surface area contributed by atoms with Crippen LogP contribution in [0.25, 0.3) is 0 Å². The molecule has 1 aliphatic rings. The standard InChI is InChI=1S/C11H13FO3/c1-14-6-10-4-7-2-9(12)3-8(5-13)11(7)15-10/h2-3,10,13H,4-6H2,1H3. The van der Waals surface area contributed by atoms with E-state index >= 15 is 0 Å². The molecule has 2 rings (SSSR count). The first-order chi connectivity index (χ1) is 7.24. The Bertz CT molecular complexity index is 365. The van der Waals surface area contributed by atoms with Gasteiger partial charge in [-0.25, -0.2) is 4.39 Å². The summed E-state index contributed by atoms with van der Waals surface area (Å²) in [5, 5.41) is 9.06. The third-order valence-electron chi connectivity index (χ3n) is 2.46. The molecule has 15 heavy (non-hydrogen) atoms. The lowest BCUT2D eigenvalue weighted by molar-refractivity contribution is 0.0937. The van der Waals surface area contributed by atoms with Gasteiger partial charge in [0.25, 0.3) is 0 Å². The zero-order chi connectivity index (χ0) is 10.8. The van der Waals surface area contributed by atoms with Crippen molar-refractivity contribution in [2.45, 2.75) is 19.1 Å². The van der Waals surface area contributed by atoms with E-state index < -0.39 is 0 Å². The third-order valence-corrected chi connectivity index (χ3v) is 2.46. The van der Waals surface area contributed by atoms with Gasteiger partial charge >= 0.3 is 0 Å². The van der Waals surface area contributed by atoms with Crippen LogP contribution in [0, 0.1) is 5.82 Å². The van der Waals surface area contributed by atoms with Crippen LogP contribution in [0.4, 0.5) is 4.39 Å². The Morgan fingerprint density at radius 1 is 1.60 bits per heavy atom. The van der Waals surface area contributed by atoms with Crippen molar-refractivity contribution in [2.75, 3.05) is 13.7 Å². The largest absolute Gasteiger partial charge is 0.487 e. The lowest BCUT2D eigenvalue weighted by atomic mass is 10.1. The van der Waals surface area contributed by atoms with Gasteiger partial charge in [0.2, 0.25) is 0 Å². The van der Waals surface area contributed by atoms with E-state index in [9.17, 15) is 4.39 Å². The maximum atomic E-state index is 13.1. The van der Waals surface area contributed by atoms with Gasteiger partial charge in [-0.15, -0.1) is 0 Å². The van der Waals surface area contributed by atoms with Gasteiger partial charge in [-0.3, -0.25) is 0 Å². The summed E-state index contributed by atoms with van der Waals surface area (Å²) >= 11 is 0. The van der Waals surface area contributed by atoms with E-state index in [2.05, 4.69) is 0 Å². The van der Waals surface area contributed by atoms with Gasteiger partial charge in [-0.1, -0.05) is 0 Å². The molecule has 0 spiro atoms. The molecular weight excluding hydrogens is 199 g/mol. The van der Waals surface area contributed by atoms with Gasteiger partial charge in [0.15, 0.2) is 0 Å². The fourth-order valence-electron chi connectivity index (χ4n) is 1.86. The number of benzene rings is 1. The van der Waals surface area contributed by atoms with E-state index in [0.717, 1.165) is 5.56 Å². The Kier molecular flexibility index (Phi) is 2.88. The molecule has 1 N–H and O–H groups in total. The first-order valence-electron chi connectivity index (χ1n) is 4.82. The SMILES string of the molecule is COCC1Cc2cc(F)cc(CO)c2O1. The smallest absolute Gasteiger partial charge is 0.128 e. The van der Waals surface area contributed by atoms with Crippen molar-refractivity contribution in [3.63, 3.8) is 0 Å². The number of aliphatic hydroxyl groups excluding tert-OH is 1. The van der Waals surface area contributed by atoms with E-state index in [1.54, 1.807) is 7.11 Å². The molecule has 1 heterocycles. The quantitative estimate of drug-likeness (QED) is 0.820. The number of aliphatic hydroxyl groups is 1. The highest BCUT2D eigenvalue weighted by Gasteiger charge is 2.25. The van der Waals surface area contributed by atoms with Crippen molar-refractivity contribution in [3.05, 3.63) is 29.1 Å². The first kappa shape index (κ1) is 10.4. The number of fused-ring (bicyclic) bond motifs is 1. The second-order valence-electron chi connectivity index (χ2n) is 3.61. The highest BCUT2D eigenvalue weighted by molar-refractivity contribution is 5.45. The van der Waals surface area contributed by atoms with Gasteiger partial charge < -0.3 is 14.6 Å². The average molecular weight is 212 g/mol. The molecule has 82 valence electrons. The van der Waals surface area contributed by atoms with Gasteiger partial charge in [-0.2, -0.15) is 0 Å². The van der Waals surface area contributed by atoms with E-state index in [-0.39, 0.29) is 18.5 Å². The minimum absolute atomic E-state index is 0.0721. The second-order valence-corrected chi connectivity index (χ2v) is 3.61. The topological polar surface area (TPSA) is 38.7 Å². The van der Waals surface area contributed by atoms with Crippen LogP contribution < -0.4 is 4.74 Å².